The molecule has 2 aromatic rings. The maximum Gasteiger partial charge on any atom is 0.260 e. The number of nitrogens with one attached hydrogen (secondary N) is 1. The van der Waals surface area contributed by atoms with E-state index in [-0.39, 0.29) is 30.1 Å². The van der Waals surface area contributed by atoms with Crippen LogP contribution in [0, 0.1) is 0 Å². The SMILES string of the molecule is NC(=O)c1cccc(C=Nc2ccc(C3CNCC(F)(F)C3)cc2)c1N. The Balaban J connectivity index is 1.75. The lowest BCUT2D eigenvalue weighted by Crippen LogP contribution is -2.42. The molecule has 1 unspecified atom stereocenters. The summed E-state index contributed by atoms with van der Waals surface area (Å²) in [6, 6.07) is 12.1. The van der Waals surface area contributed by atoms with Gasteiger partial charge in [0.2, 0.25) is 0 Å². The second-order valence-corrected chi connectivity index (χ2v) is 6.41. The predicted octanol–water partition coefficient (Wildman–Crippen LogP) is 2.83. The molecule has 26 heavy (non-hydrogen) atoms. The number of hydrogen-bond acceptors (Lipinski definition) is 4. The van der Waals surface area contributed by atoms with Crippen LogP contribution in [0.4, 0.5) is 20.2 Å². The number of anilines is 1. The highest BCUT2D eigenvalue weighted by Gasteiger charge is 2.36. The Kier molecular flexibility index (Phi) is 4.99. The Morgan fingerprint density at radius 1 is 1.23 bits per heavy atom. The third kappa shape index (κ3) is 4.05. The molecule has 136 valence electrons. The third-order valence-corrected chi connectivity index (χ3v) is 4.44. The minimum atomic E-state index is -2.68. The Labute approximate surface area is 150 Å². The van der Waals surface area contributed by atoms with E-state index in [1.807, 2.05) is 12.1 Å². The normalized spacial score (nSPS) is 19.5. The Morgan fingerprint density at radius 2 is 1.96 bits per heavy atom. The predicted molar refractivity (Wildman–Crippen MR) is 98.2 cm³/mol. The summed E-state index contributed by atoms with van der Waals surface area (Å²) in [4.78, 5) is 15.7. The molecule has 0 aromatic heterocycles. The van der Waals surface area contributed by atoms with Crippen molar-refractivity contribution in [3.05, 3.63) is 59.2 Å². The van der Waals surface area contributed by atoms with Gasteiger partial charge < -0.3 is 16.8 Å². The number of piperidine rings is 1. The lowest BCUT2D eigenvalue weighted by Gasteiger charge is -2.30. The van der Waals surface area contributed by atoms with E-state index in [0.717, 1.165) is 5.56 Å². The van der Waals surface area contributed by atoms with E-state index in [2.05, 4.69) is 10.3 Å². The lowest BCUT2D eigenvalue weighted by molar-refractivity contribution is -0.0277. The van der Waals surface area contributed by atoms with Gasteiger partial charge in [0.1, 0.15) is 0 Å². The monoisotopic (exact) mass is 358 g/mol. The molecule has 1 saturated heterocycles. The fraction of sp³-hybridized carbons (Fsp3) is 0.263. The van der Waals surface area contributed by atoms with Gasteiger partial charge in [-0.1, -0.05) is 24.3 Å². The van der Waals surface area contributed by atoms with Crippen LogP contribution in [0.1, 0.15) is 33.8 Å². The van der Waals surface area contributed by atoms with Crippen LogP contribution in [0.15, 0.2) is 47.5 Å². The molecule has 1 atom stereocenters. The molecule has 0 spiro atoms. The molecule has 7 heteroatoms. The van der Waals surface area contributed by atoms with Gasteiger partial charge in [-0.2, -0.15) is 0 Å². The van der Waals surface area contributed by atoms with Crippen LogP contribution in [0.25, 0.3) is 0 Å². The minimum absolute atomic E-state index is 0.154. The average molecular weight is 358 g/mol. The molecule has 3 rings (SSSR count). The van der Waals surface area contributed by atoms with Gasteiger partial charge in [0.25, 0.3) is 11.8 Å². The molecule has 2 aromatic carbocycles. The zero-order chi connectivity index (χ0) is 18.7. The van der Waals surface area contributed by atoms with Crippen molar-refractivity contribution in [1.82, 2.24) is 5.32 Å². The summed E-state index contributed by atoms with van der Waals surface area (Å²) in [6.07, 6.45) is 1.39. The summed E-state index contributed by atoms with van der Waals surface area (Å²) in [5.74, 6) is -3.50. The lowest BCUT2D eigenvalue weighted by atomic mass is 9.90. The highest BCUT2D eigenvalue weighted by Crippen LogP contribution is 2.33. The van der Waals surface area contributed by atoms with Gasteiger partial charge >= 0.3 is 0 Å². The average Bonchev–Trinajstić information content (AvgIpc) is 2.60. The number of amides is 1. The summed E-state index contributed by atoms with van der Waals surface area (Å²) in [5.41, 5.74) is 13.8. The highest BCUT2D eigenvalue weighted by atomic mass is 19.3. The number of benzene rings is 2. The van der Waals surface area contributed by atoms with Gasteiger partial charge in [0.05, 0.1) is 23.5 Å². The summed E-state index contributed by atoms with van der Waals surface area (Å²) >= 11 is 0. The summed E-state index contributed by atoms with van der Waals surface area (Å²) in [7, 11) is 0. The topological polar surface area (TPSA) is 93.5 Å². The molecule has 5 N–H and O–H groups in total. The van der Waals surface area contributed by atoms with E-state index in [1.54, 1.807) is 36.5 Å². The molecule has 0 aliphatic carbocycles. The molecule has 1 heterocycles. The fourth-order valence-electron chi connectivity index (χ4n) is 3.06. The van der Waals surface area contributed by atoms with Gasteiger partial charge in [0.15, 0.2) is 0 Å². The van der Waals surface area contributed by atoms with Crippen LogP contribution in [-0.2, 0) is 0 Å². The standard InChI is InChI=1S/C19H20F2N4O/c20-19(21)8-14(9-24-11-19)12-4-6-15(7-5-12)25-10-13-2-1-3-16(17(13)22)18(23)26/h1-7,10,14,24H,8-9,11,22H2,(H2,23,26). The first-order valence-corrected chi connectivity index (χ1v) is 8.26. The van der Waals surface area contributed by atoms with Crippen LogP contribution in [0.3, 0.4) is 0 Å². The van der Waals surface area contributed by atoms with Crippen LogP contribution in [0.2, 0.25) is 0 Å². The zero-order valence-electron chi connectivity index (χ0n) is 14.1. The number of nitrogens with zero attached hydrogens (tertiary/aromatic N) is 1. The molecular weight excluding hydrogens is 338 g/mol. The van der Waals surface area contributed by atoms with Crippen LogP contribution in [-0.4, -0.2) is 31.1 Å². The summed E-state index contributed by atoms with van der Waals surface area (Å²) < 4.78 is 27.0. The largest absolute Gasteiger partial charge is 0.398 e. The fourth-order valence-corrected chi connectivity index (χ4v) is 3.06. The molecule has 5 nitrogen and oxygen atoms in total. The Hall–Kier alpha value is -2.80. The van der Waals surface area contributed by atoms with Crippen molar-refractivity contribution < 1.29 is 13.6 Å². The number of carbonyl (C=O) groups is 1. The number of primary amides is 1. The minimum Gasteiger partial charge on any atom is -0.398 e. The number of hydrogen-bond donors (Lipinski definition) is 3. The molecule has 1 aliphatic rings. The number of alkyl halides is 2. The van der Waals surface area contributed by atoms with Gasteiger partial charge in [-0.05, 0) is 23.8 Å². The maximum absolute atomic E-state index is 13.5. The first kappa shape index (κ1) is 18.0. The quantitative estimate of drug-likeness (QED) is 0.579. The number of aliphatic imine (C=N–C) groups is 1. The van der Waals surface area contributed by atoms with E-state index in [0.29, 0.717) is 17.8 Å². The second-order valence-electron chi connectivity index (χ2n) is 6.41. The van der Waals surface area contributed by atoms with Crippen molar-refractivity contribution in [2.24, 2.45) is 10.7 Å². The van der Waals surface area contributed by atoms with Crippen LogP contribution >= 0.6 is 0 Å². The molecule has 0 bridgehead atoms. The van der Waals surface area contributed by atoms with Crippen LogP contribution < -0.4 is 16.8 Å². The van der Waals surface area contributed by atoms with Gasteiger partial charge in [-0.25, -0.2) is 8.78 Å². The van der Waals surface area contributed by atoms with E-state index >= 15 is 0 Å². The first-order valence-electron chi connectivity index (χ1n) is 8.26. The highest BCUT2D eigenvalue weighted by molar-refractivity contribution is 6.02. The zero-order valence-corrected chi connectivity index (χ0v) is 14.1. The molecule has 0 radical (unpaired) electrons. The van der Waals surface area contributed by atoms with E-state index in [4.69, 9.17) is 11.5 Å². The van der Waals surface area contributed by atoms with Crippen molar-refractivity contribution in [2.45, 2.75) is 18.3 Å². The summed E-state index contributed by atoms with van der Waals surface area (Å²) in [5, 5.41) is 2.77. The number of rotatable bonds is 4. The van der Waals surface area contributed by atoms with E-state index in [9.17, 15) is 13.6 Å². The number of nitrogens with two attached hydrogens (primary N) is 2. The Morgan fingerprint density at radius 3 is 2.62 bits per heavy atom. The molecule has 0 saturated carbocycles. The molecule has 1 fully saturated rings. The van der Waals surface area contributed by atoms with Gasteiger partial charge in [-0.15, -0.1) is 0 Å². The summed E-state index contributed by atoms with van der Waals surface area (Å²) in [6.45, 7) is 0.270. The van der Waals surface area contributed by atoms with Crippen molar-refractivity contribution in [2.75, 3.05) is 18.8 Å². The van der Waals surface area contributed by atoms with Gasteiger partial charge in [-0.3, -0.25) is 9.79 Å². The molecule has 1 aliphatic heterocycles. The molecule has 1 amide bonds. The van der Waals surface area contributed by atoms with Crippen molar-refractivity contribution >= 4 is 23.5 Å². The van der Waals surface area contributed by atoms with Gasteiger partial charge in [0, 0.05) is 30.7 Å². The number of para-hydroxylation sites is 1. The third-order valence-electron chi connectivity index (χ3n) is 4.44. The smallest absolute Gasteiger partial charge is 0.260 e. The maximum atomic E-state index is 13.5. The Bertz CT molecular complexity index is 834. The van der Waals surface area contributed by atoms with E-state index < -0.39 is 11.8 Å². The number of carbonyl (C=O) groups excluding carboxylic acids is 1. The number of halogens is 2. The second kappa shape index (κ2) is 7.21. The number of nitrogen functional groups attached to an aromatic ring is 1. The van der Waals surface area contributed by atoms with E-state index in [1.165, 1.54) is 0 Å². The van der Waals surface area contributed by atoms with Crippen molar-refractivity contribution in [3.63, 3.8) is 0 Å². The van der Waals surface area contributed by atoms with Crippen molar-refractivity contribution in [1.29, 1.82) is 0 Å². The van der Waals surface area contributed by atoms with Crippen LogP contribution in [0.5, 0.6) is 0 Å². The van der Waals surface area contributed by atoms with Crippen molar-refractivity contribution in [3.8, 4) is 0 Å². The first-order chi connectivity index (χ1) is 12.4. The molecular formula is C19H20F2N4O.